The van der Waals surface area contributed by atoms with Crippen LogP contribution in [0.5, 0.6) is 0 Å². The highest BCUT2D eigenvalue weighted by atomic mass is 28.3. The summed E-state index contributed by atoms with van der Waals surface area (Å²) < 4.78 is 10.9. The van der Waals surface area contributed by atoms with Crippen LogP contribution in [0, 0.1) is 13.8 Å². The first-order chi connectivity index (χ1) is 9.17. The number of benzene rings is 2. The van der Waals surface area contributed by atoms with Crippen LogP contribution in [0.25, 0.3) is 11.1 Å². The van der Waals surface area contributed by atoms with E-state index in [1.165, 1.54) is 27.4 Å². The Morgan fingerprint density at radius 2 is 1.32 bits per heavy atom. The molecule has 0 fully saturated rings. The Bertz CT molecular complexity index is 525. The molecule has 2 nitrogen and oxygen atoms in total. The zero-order valence-electron chi connectivity index (χ0n) is 11.9. The van der Waals surface area contributed by atoms with Crippen LogP contribution in [-0.4, -0.2) is 23.5 Å². The standard InChI is InChI=1S/C16H19O2Si/c1-12-10-15(14-8-6-5-7-9-14)11-13(2)16(12)19(17-3)18-4/h5-11H,1-4H3. The first-order valence-corrected chi connectivity index (χ1v) is 7.61. The fraction of sp³-hybridized carbons (Fsp3) is 0.250. The molecular formula is C16H19O2Si. The number of rotatable bonds is 4. The van der Waals surface area contributed by atoms with E-state index in [-0.39, 0.29) is 0 Å². The fourth-order valence-electron chi connectivity index (χ4n) is 2.37. The zero-order valence-corrected chi connectivity index (χ0v) is 12.9. The molecule has 0 aliphatic heterocycles. The monoisotopic (exact) mass is 271 g/mol. The van der Waals surface area contributed by atoms with E-state index in [0.717, 1.165) is 0 Å². The molecule has 0 bridgehead atoms. The number of aryl methyl sites for hydroxylation is 2. The SMILES string of the molecule is CO[Si](OC)c1c(C)cc(-c2ccccc2)cc1C. The lowest BCUT2D eigenvalue weighted by molar-refractivity contribution is 0.291. The van der Waals surface area contributed by atoms with Gasteiger partial charge in [-0.15, -0.1) is 0 Å². The van der Waals surface area contributed by atoms with Crippen molar-refractivity contribution in [3.63, 3.8) is 0 Å². The third kappa shape index (κ3) is 2.95. The molecule has 1 radical (unpaired) electrons. The summed E-state index contributed by atoms with van der Waals surface area (Å²) in [5.41, 5.74) is 4.95. The molecule has 0 aliphatic carbocycles. The van der Waals surface area contributed by atoms with Crippen molar-refractivity contribution >= 4 is 14.5 Å². The van der Waals surface area contributed by atoms with E-state index >= 15 is 0 Å². The normalized spacial score (nSPS) is 11.0. The van der Waals surface area contributed by atoms with Crippen molar-refractivity contribution < 1.29 is 8.85 Å². The molecule has 0 amide bonds. The highest BCUT2D eigenvalue weighted by Gasteiger charge is 2.21. The highest BCUT2D eigenvalue weighted by Crippen LogP contribution is 2.21. The first-order valence-electron chi connectivity index (χ1n) is 6.29. The van der Waals surface area contributed by atoms with Crippen LogP contribution in [0.4, 0.5) is 0 Å². The Morgan fingerprint density at radius 3 is 1.79 bits per heavy atom. The lowest BCUT2D eigenvalue weighted by atomic mass is 10.0. The van der Waals surface area contributed by atoms with E-state index in [4.69, 9.17) is 8.85 Å². The maximum absolute atomic E-state index is 5.47. The van der Waals surface area contributed by atoms with Crippen molar-refractivity contribution in [1.82, 2.24) is 0 Å². The van der Waals surface area contributed by atoms with Gasteiger partial charge in [-0.3, -0.25) is 0 Å². The maximum Gasteiger partial charge on any atom is 0.423 e. The zero-order chi connectivity index (χ0) is 13.8. The van der Waals surface area contributed by atoms with Gasteiger partial charge in [0.2, 0.25) is 0 Å². The summed E-state index contributed by atoms with van der Waals surface area (Å²) in [5.74, 6) is 0. The van der Waals surface area contributed by atoms with Gasteiger partial charge in [0.1, 0.15) is 0 Å². The average Bonchev–Trinajstić information content (AvgIpc) is 2.43. The van der Waals surface area contributed by atoms with Crippen LogP contribution >= 0.6 is 0 Å². The Morgan fingerprint density at radius 1 is 0.789 bits per heavy atom. The van der Waals surface area contributed by atoms with Crippen molar-refractivity contribution in [2.45, 2.75) is 13.8 Å². The third-order valence-electron chi connectivity index (χ3n) is 3.21. The Labute approximate surface area is 116 Å². The van der Waals surface area contributed by atoms with E-state index in [2.05, 4.69) is 50.2 Å². The lowest BCUT2D eigenvalue weighted by Crippen LogP contribution is -2.38. The molecule has 99 valence electrons. The Balaban J connectivity index is 2.48. The lowest BCUT2D eigenvalue weighted by Gasteiger charge is -2.17. The van der Waals surface area contributed by atoms with E-state index < -0.39 is 9.28 Å². The predicted molar refractivity (Wildman–Crippen MR) is 80.8 cm³/mol. The quantitative estimate of drug-likeness (QED) is 0.796. The van der Waals surface area contributed by atoms with Gasteiger partial charge in [0, 0.05) is 19.4 Å². The number of hydrogen-bond donors (Lipinski definition) is 0. The predicted octanol–water partition coefficient (Wildman–Crippen LogP) is 2.96. The minimum Gasteiger partial charge on any atom is -0.393 e. The second-order valence-electron chi connectivity index (χ2n) is 4.55. The van der Waals surface area contributed by atoms with E-state index in [1.54, 1.807) is 14.2 Å². The number of hydrogen-bond acceptors (Lipinski definition) is 2. The summed E-state index contributed by atoms with van der Waals surface area (Å²) in [6.45, 7) is 4.24. The van der Waals surface area contributed by atoms with Crippen molar-refractivity contribution in [3.8, 4) is 11.1 Å². The van der Waals surface area contributed by atoms with Gasteiger partial charge in [-0.25, -0.2) is 0 Å². The summed E-state index contributed by atoms with van der Waals surface area (Å²) in [6, 6.07) is 14.8. The van der Waals surface area contributed by atoms with Crippen LogP contribution in [0.3, 0.4) is 0 Å². The summed E-state index contributed by atoms with van der Waals surface area (Å²) in [5, 5.41) is 1.22. The van der Waals surface area contributed by atoms with Gasteiger partial charge in [0.05, 0.1) is 0 Å². The van der Waals surface area contributed by atoms with Gasteiger partial charge < -0.3 is 8.85 Å². The molecule has 2 aromatic carbocycles. The second-order valence-corrected chi connectivity index (χ2v) is 6.44. The molecule has 0 unspecified atom stereocenters. The summed E-state index contributed by atoms with van der Waals surface area (Å²) in [6.07, 6.45) is 0. The summed E-state index contributed by atoms with van der Waals surface area (Å²) >= 11 is 0. The van der Waals surface area contributed by atoms with Gasteiger partial charge in [-0.05, 0) is 36.1 Å². The van der Waals surface area contributed by atoms with Gasteiger partial charge >= 0.3 is 9.28 Å². The van der Waals surface area contributed by atoms with Gasteiger partial charge in [0.25, 0.3) is 0 Å². The maximum atomic E-state index is 5.47. The Kier molecular flexibility index (Phi) is 4.53. The minimum absolute atomic E-state index is 1.22. The topological polar surface area (TPSA) is 18.5 Å². The molecule has 19 heavy (non-hydrogen) atoms. The molecule has 0 N–H and O–H groups in total. The second kappa shape index (κ2) is 6.15. The van der Waals surface area contributed by atoms with Crippen molar-refractivity contribution in [2.24, 2.45) is 0 Å². The van der Waals surface area contributed by atoms with Gasteiger partial charge in [-0.2, -0.15) is 0 Å². The first kappa shape index (κ1) is 14.0. The van der Waals surface area contributed by atoms with E-state index in [1.807, 2.05) is 6.07 Å². The molecular weight excluding hydrogens is 252 g/mol. The van der Waals surface area contributed by atoms with Gasteiger partial charge in [0.15, 0.2) is 0 Å². The highest BCUT2D eigenvalue weighted by molar-refractivity contribution is 6.62. The van der Waals surface area contributed by atoms with Crippen LogP contribution < -0.4 is 5.19 Å². The fourth-order valence-corrected chi connectivity index (χ4v) is 3.73. The van der Waals surface area contributed by atoms with Crippen LogP contribution in [0.2, 0.25) is 0 Å². The summed E-state index contributed by atoms with van der Waals surface area (Å²) in [7, 11) is 2.06. The van der Waals surface area contributed by atoms with Crippen LogP contribution in [0.1, 0.15) is 11.1 Å². The van der Waals surface area contributed by atoms with E-state index in [0.29, 0.717) is 0 Å². The Hall–Kier alpha value is -1.42. The van der Waals surface area contributed by atoms with Crippen LogP contribution in [0.15, 0.2) is 42.5 Å². The smallest absolute Gasteiger partial charge is 0.393 e. The summed E-state index contributed by atoms with van der Waals surface area (Å²) in [4.78, 5) is 0. The van der Waals surface area contributed by atoms with Crippen molar-refractivity contribution in [2.75, 3.05) is 14.2 Å². The van der Waals surface area contributed by atoms with E-state index in [9.17, 15) is 0 Å². The molecule has 2 aromatic rings. The van der Waals surface area contributed by atoms with Crippen molar-refractivity contribution in [1.29, 1.82) is 0 Å². The van der Waals surface area contributed by atoms with Crippen LogP contribution in [-0.2, 0) is 8.85 Å². The average molecular weight is 271 g/mol. The third-order valence-corrected chi connectivity index (χ3v) is 5.15. The molecule has 2 rings (SSSR count). The molecule has 0 saturated carbocycles. The molecule has 0 atom stereocenters. The molecule has 0 saturated heterocycles. The van der Waals surface area contributed by atoms with Crippen molar-refractivity contribution in [3.05, 3.63) is 53.6 Å². The van der Waals surface area contributed by atoms with Gasteiger partial charge in [-0.1, -0.05) is 42.5 Å². The molecule has 0 heterocycles. The molecule has 0 spiro atoms. The minimum atomic E-state index is -1.36. The molecule has 0 aromatic heterocycles. The molecule has 3 heteroatoms. The largest absolute Gasteiger partial charge is 0.423 e. The molecule has 0 aliphatic rings.